The van der Waals surface area contributed by atoms with Gasteiger partial charge in [-0.3, -0.25) is 0 Å². The van der Waals surface area contributed by atoms with E-state index in [2.05, 4.69) is 85.0 Å². The smallest absolute Gasteiger partial charge is 0.176 e. The fourth-order valence-electron chi connectivity index (χ4n) is 2.76. The molecule has 1 aromatic carbocycles. The summed E-state index contributed by atoms with van der Waals surface area (Å²) < 4.78 is 4.40. The minimum absolute atomic E-state index is 1.01. The summed E-state index contributed by atoms with van der Waals surface area (Å²) in [4.78, 5) is 0. The fourth-order valence-corrected chi connectivity index (χ4v) is 2.76. The zero-order valence-electron chi connectivity index (χ0n) is 13.0. The molecule has 0 amide bonds. The van der Waals surface area contributed by atoms with Crippen LogP contribution in [0.25, 0.3) is 21.9 Å². The number of nitrogens with zero attached hydrogens (tertiary/aromatic N) is 2. The van der Waals surface area contributed by atoms with E-state index in [4.69, 9.17) is 0 Å². The Morgan fingerprint density at radius 1 is 0.810 bits per heavy atom. The van der Waals surface area contributed by atoms with Crippen LogP contribution in [-0.4, -0.2) is 0 Å². The highest BCUT2D eigenvalue weighted by atomic mass is 14.9. The van der Waals surface area contributed by atoms with Gasteiger partial charge in [-0.25, -0.2) is 9.13 Å². The molecule has 0 radical (unpaired) electrons. The Labute approximate surface area is 126 Å². The van der Waals surface area contributed by atoms with Gasteiger partial charge in [-0.15, -0.1) is 0 Å². The van der Waals surface area contributed by atoms with Crippen molar-refractivity contribution < 1.29 is 9.13 Å². The van der Waals surface area contributed by atoms with Gasteiger partial charge in [0, 0.05) is 23.6 Å². The SMILES string of the molecule is CC[n+]1ccc(-c2cc3cc[n+](CC)cc3cc2C)cc1. The lowest BCUT2D eigenvalue weighted by molar-refractivity contribution is -0.693. The van der Waals surface area contributed by atoms with Crippen molar-refractivity contribution in [3.8, 4) is 11.1 Å². The Morgan fingerprint density at radius 2 is 1.48 bits per heavy atom. The molecule has 2 aromatic heterocycles. The largest absolute Gasteiger partial charge is 0.205 e. The molecule has 0 fully saturated rings. The molecule has 2 nitrogen and oxygen atoms in total. The lowest BCUT2D eigenvalue weighted by Gasteiger charge is -2.07. The van der Waals surface area contributed by atoms with Gasteiger partial charge in [0.15, 0.2) is 24.8 Å². The predicted octanol–water partition coefficient (Wildman–Crippen LogP) is 3.43. The minimum atomic E-state index is 1.01. The predicted molar refractivity (Wildman–Crippen MR) is 85.9 cm³/mol. The minimum Gasteiger partial charge on any atom is -0.205 e. The molecule has 0 atom stereocenters. The quantitative estimate of drug-likeness (QED) is 0.649. The van der Waals surface area contributed by atoms with Crippen molar-refractivity contribution in [2.75, 3.05) is 0 Å². The number of fused-ring (bicyclic) bond motifs is 1. The van der Waals surface area contributed by atoms with Crippen LogP contribution in [0.4, 0.5) is 0 Å². The molecule has 3 rings (SSSR count). The maximum Gasteiger partial charge on any atom is 0.176 e. The van der Waals surface area contributed by atoms with E-state index in [1.165, 1.54) is 27.5 Å². The summed E-state index contributed by atoms with van der Waals surface area (Å²) in [7, 11) is 0. The maximum absolute atomic E-state index is 2.30. The second kappa shape index (κ2) is 5.65. The van der Waals surface area contributed by atoms with Crippen LogP contribution < -0.4 is 9.13 Å². The van der Waals surface area contributed by atoms with Gasteiger partial charge >= 0.3 is 0 Å². The Bertz CT molecular complexity index is 773. The number of benzene rings is 1. The summed E-state index contributed by atoms with van der Waals surface area (Å²) >= 11 is 0. The highest BCUT2D eigenvalue weighted by Gasteiger charge is 2.08. The summed E-state index contributed by atoms with van der Waals surface area (Å²) in [6.45, 7) is 8.53. The van der Waals surface area contributed by atoms with Crippen molar-refractivity contribution in [3.05, 3.63) is 60.7 Å². The zero-order valence-corrected chi connectivity index (χ0v) is 13.0. The van der Waals surface area contributed by atoms with E-state index in [0.29, 0.717) is 0 Å². The van der Waals surface area contributed by atoms with Gasteiger partial charge in [-0.05, 0) is 55.0 Å². The van der Waals surface area contributed by atoms with E-state index in [1.54, 1.807) is 0 Å². The molecule has 2 heterocycles. The summed E-state index contributed by atoms with van der Waals surface area (Å²) in [6, 6.07) is 11.2. The van der Waals surface area contributed by atoms with Crippen LogP contribution in [0.5, 0.6) is 0 Å². The average molecular weight is 278 g/mol. The monoisotopic (exact) mass is 278 g/mol. The van der Waals surface area contributed by atoms with Gasteiger partial charge < -0.3 is 0 Å². The van der Waals surface area contributed by atoms with Crippen molar-refractivity contribution in [1.82, 2.24) is 0 Å². The summed E-state index contributed by atoms with van der Waals surface area (Å²) in [5.74, 6) is 0. The first-order valence-corrected chi connectivity index (χ1v) is 7.64. The molecule has 0 aliphatic carbocycles. The molecular weight excluding hydrogens is 256 g/mol. The third-order valence-corrected chi connectivity index (χ3v) is 4.11. The third-order valence-electron chi connectivity index (χ3n) is 4.11. The van der Waals surface area contributed by atoms with E-state index in [-0.39, 0.29) is 0 Å². The number of hydrogen-bond acceptors (Lipinski definition) is 0. The number of aromatic nitrogens is 2. The van der Waals surface area contributed by atoms with Gasteiger partial charge in [0.2, 0.25) is 0 Å². The third kappa shape index (κ3) is 2.66. The normalized spacial score (nSPS) is 11.0. The Hall–Kier alpha value is -2.22. The summed E-state index contributed by atoms with van der Waals surface area (Å²) in [6.07, 6.45) is 8.67. The molecule has 106 valence electrons. The first-order chi connectivity index (χ1) is 10.2. The molecule has 0 aliphatic heterocycles. The standard InChI is InChI=1S/C19H22N2/c1-4-20-9-6-16(7-10-20)19-13-17-8-11-21(5-2)14-18(17)12-15(19)3/h6-14H,4-5H2,1-3H3/q+2. The Morgan fingerprint density at radius 3 is 2.14 bits per heavy atom. The molecule has 0 bridgehead atoms. The number of pyridine rings is 2. The average Bonchev–Trinajstić information content (AvgIpc) is 2.53. The van der Waals surface area contributed by atoms with Crippen molar-refractivity contribution in [2.24, 2.45) is 0 Å². The van der Waals surface area contributed by atoms with Crippen LogP contribution in [0, 0.1) is 6.92 Å². The summed E-state index contributed by atoms with van der Waals surface area (Å²) in [5.41, 5.74) is 3.93. The van der Waals surface area contributed by atoms with E-state index in [1.807, 2.05) is 0 Å². The van der Waals surface area contributed by atoms with Crippen LogP contribution in [0.15, 0.2) is 55.1 Å². The van der Waals surface area contributed by atoms with Gasteiger partial charge in [-0.2, -0.15) is 0 Å². The second-order valence-corrected chi connectivity index (χ2v) is 5.49. The molecule has 0 saturated carbocycles. The van der Waals surface area contributed by atoms with Crippen LogP contribution >= 0.6 is 0 Å². The Balaban J connectivity index is 2.11. The van der Waals surface area contributed by atoms with Crippen LogP contribution in [0.1, 0.15) is 19.4 Å². The fraction of sp³-hybridized carbons (Fsp3) is 0.263. The molecule has 0 saturated heterocycles. The lowest BCUT2D eigenvalue weighted by Crippen LogP contribution is -2.30. The van der Waals surface area contributed by atoms with E-state index in [9.17, 15) is 0 Å². The number of rotatable bonds is 3. The van der Waals surface area contributed by atoms with Crippen LogP contribution in [-0.2, 0) is 13.1 Å². The molecule has 0 unspecified atom stereocenters. The first kappa shape index (κ1) is 13.7. The Kier molecular flexibility index (Phi) is 3.70. The van der Waals surface area contributed by atoms with Crippen molar-refractivity contribution in [1.29, 1.82) is 0 Å². The summed E-state index contributed by atoms with van der Waals surface area (Å²) in [5, 5.41) is 2.60. The molecule has 0 N–H and O–H groups in total. The molecule has 0 aliphatic rings. The van der Waals surface area contributed by atoms with Crippen molar-refractivity contribution in [3.63, 3.8) is 0 Å². The molecule has 3 aromatic rings. The molecule has 0 spiro atoms. The highest BCUT2D eigenvalue weighted by molar-refractivity contribution is 5.87. The molecule has 21 heavy (non-hydrogen) atoms. The highest BCUT2D eigenvalue weighted by Crippen LogP contribution is 2.27. The van der Waals surface area contributed by atoms with Crippen LogP contribution in [0.3, 0.4) is 0 Å². The van der Waals surface area contributed by atoms with Gasteiger partial charge in [0.1, 0.15) is 13.1 Å². The van der Waals surface area contributed by atoms with Gasteiger partial charge in [0.05, 0.1) is 0 Å². The topological polar surface area (TPSA) is 7.76 Å². The maximum atomic E-state index is 2.30. The van der Waals surface area contributed by atoms with Crippen molar-refractivity contribution >= 4 is 10.8 Å². The lowest BCUT2D eigenvalue weighted by atomic mass is 9.98. The zero-order chi connectivity index (χ0) is 14.8. The van der Waals surface area contributed by atoms with Gasteiger partial charge in [0.25, 0.3) is 0 Å². The first-order valence-electron chi connectivity index (χ1n) is 7.64. The second-order valence-electron chi connectivity index (χ2n) is 5.49. The van der Waals surface area contributed by atoms with Crippen molar-refractivity contribution in [2.45, 2.75) is 33.9 Å². The van der Waals surface area contributed by atoms with E-state index in [0.717, 1.165) is 13.1 Å². The van der Waals surface area contributed by atoms with Crippen LogP contribution in [0.2, 0.25) is 0 Å². The number of aryl methyl sites for hydroxylation is 3. The van der Waals surface area contributed by atoms with E-state index < -0.39 is 0 Å². The molecular formula is C19H22N2+2. The van der Waals surface area contributed by atoms with Gasteiger partial charge in [-0.1, -0.05) is 0 Å². The number of hydrogen-bond donors (Lipinski definition) is 0. The van der Waals surface area contributed by atoms with E-state index >= 15 is 0 Å². The molecule has 2 heteroatoms.